The highest BCUT2D eigenvalue weighted by molar-refractivity contribution is 5.99. The minimum atomic E-state index is -1.61. The molecule has 0 radical (unpaired) electrons. The summed E-state index contributed by atoms with van der Waals surface area (Å²) in [7, 11) is 0. The number of nitrogens with zero attached hydrogens (tertiary/aromatic N) is 2. The molecule has 1 aromatic carbocycles. The third-order valence-corrected chi connectivity index (χ3v) is 14.4. The molecule has 0 bridgehead atoms. The van der Waals surface area contributed by atoms with Gasteiger partial charge in [0.25, 0.3) is 0 Å². The van der Waals surface area contributed by atoms with Crippen molar-refractivity contribution in [1.82, 2.24) is 21.3 Å². The first kappa shape index (κ1) is 69.2. The Morgan fingerprint density at radius 3 is 1.55 bits per heavy atom. The number of carbonyl (C=O) groups is 10. The molecule has 23 heteroatoms. The van der Waals surface area contributed by atoms with E-state index in [1.807, 2.05) is 20.8 Å². The molecule has 0 aliphatic carbocycles. The third kappa shape index (κ3) is 26.5. The Morgan fingerprint density at radius 1 is 0.513 bits per heavy atom. The molecule has 0 heterocycles. The second-order valence-corrected chi connectivity index (χ2v) is 20.7. The Morgan fingerprint density at radius 2 is 1.01 bits per heavy atom. The van der Waals surface area contributed by atoms with Gasteiger partial charge in [0.1, 0.15) is 0 Å². The van der Waals surface area contributed by atoms with Crippen molar-refractivity contribution in [1.29, 1.82) is 0 Å². The number of amides is 5. The Balaban J connectivity index is 3.32. The lowest BCUT2D eigenvalue weighted by atomic mass is 9.83. The van der Waals surface area contributed by atoms with Crippen molar-refractivity contribution in [3.05, 3.63) is 35.9 Å². The number of guanidine groups is 2. The van der Waals surface area contributed by atoms with Crippen LogP contribution in [0.1, 0.15) is 150 Å². The lowest BCUT2D eigenvalue weighted by molar-refractivity contribution is -0.141. The van der Waals surface area contributed by atoms with Crippen molar-refractivity contribution in [2.24, 2.45) is 85.8 Å². The SMILES string of the molecule is CC[C@@H](CCCCN)C(=O)N[C@@H](CCCN=C(N)N)C(=O)C[C@@H](CCCN=C(N)N)C(=O)N[C@@H](C)C(=O)C[C@@H](C)C(=O)N[C@@H](CC(=O)O)C(=O)C[C@H](C(=O)N[C@@H](Cc1ccccc1)C(=O)C[C@H](C(N)=O)[C@@H](C)CC)[C@@H](C)CC. The van der Waals surface area contributed by atoms with Gasteiger partial charge in [-0.05, 0) is 82.2 Å². The van der Waals surface area contributed by atoms with E-state index in [2.05, 4.69) is 31.3 Å². The van der Waals surface area contributed by atoms with Crippen molar-refractivity contribution >= 4 is 70.6 Å². The summed E-state index contributed by atoms with van der Waals surface area (Å²) in [6, 6.07) is 4.03. The average Bonchev–Trinajstić information content (AvgIpc) is 3.38. The Bertz CT molecular complexity index is 2180. The summed E-state index contributed by atoms with van der Waals surface area (Å²) in [4.78, 5) is 143. The molecular formula is C55H92N12O11. The lowest BCUT2D eigenvalue weighted by Crippen LogP contribution is -2.50. The van der Waals surface area contributed by atoms with Gasteiger partial charge in [-0.2, -0.15) is 0 Å². The molecule has 0 unspecified atom stereocenters. The second kappa shape index (κ2) is 37.1. The smallest absolute Gasteiger partial charge is 0.305 e. The number of nitrogens with two attached hydrogens (primary N) is 6. The molecule has 17 N–H and O–H groups in total. The lowest BCUT2D eigenvalue weighted by Gasteiger charge is -2.28. The van der Waals surface area contributed by atoms with Gasteiger partial charge >= 0.3 is 5.97 Å². The highest BCUT2D eigenvalue weighted by atomic mass is 16.4. The molecule has 0 fully saturated rings. The van der Waals surface area contributed by atoms with E-state index in [0.29, 0.717) is 38.6 Å². The van der Waals surface area contributed by atoms with Gasteiger partial charge in [0, 0.05) is 68.4 Å². The molecule has 438 valence electrons. The first-order valence-electron chi connectivity index (χ1n) is 27.5. The van der Waals surface area contributed by atoms with E-state index in [1.165, 1.54) is 13.8 Å². The van der Waals surface area contributed by atoms with Crippen molar-refractivity contribution in [3.8, 4) is 0 Å². The number of hydrogen-bond donors (Lipinski definition) is 11. The zero-order valence-electron chi connectivity index (χ0n) is 47.1. The molecular weight excluding hydrogens is 1000 g/mol. The van der Waals surface area contributed by atoms with Crippen LogP contribution in [0, 0.1) is 41.4 Å². The fraction of sp³-hybridized carbons (Fsp3) is 0.673. The van der Waals surface area contributed by atoms with E-state index in [0.717, 1.165) is 18.4 Å². The Hall–Kier alpha value is -6.78. The van der Waals surface area contributed by atoms with E-state index >= 15 is 0 Å². The van der Waals surface area contributed by atoms with Crippen molar-refractivity contribution in [2.45, 2.75) is 175 Å². The molecule has 23 nitrogen and oxygen atoms in total. The zero-order valence-corrected chi connectivity index (χ0v) is 47.1. The number of hydrogen-bond acceptors (Lipinski definition) is 13. The number of rotatable bonds is 42. The number of Topliss-reactive ketones (excluding diaryl/α,β-unsaturated/α-hetero) is 4. The maximum atomic E-state index is 14.2. The number of primary amides is 1. The summed E-state index contributed by atoms with van der Waals surface area (Å²) in [5.41, 5.74) is 34.1. The van der Waals surface area contributed by atoms with Gasteiger partial charge in [0.05, 0.1) is 30.6 Å². The summed E-state index contributed by atoms with van der Waals surface area (Å²) < 4.78 is 0. The quantitative estimate of drug-likeness (QED) is 0.0253. The summed E-state index contributed by atoms with van der Waals surface area (Å²) in [6.07, 6.45) is 2.16. The molecule has 0 aromatic heterocycles. The average molecular weight is 1100 g/mol. The Kier molecular flexibility index (Phi) is 32.9. The van der Waals surface area contributed by atoms with Gasteiger partial charge < -0.3 is 60.8 Å². The van der Waals surface area contributed by atoms with Crippen LogP contribution in [-0.2, 0) is 54.4 Å². The fourth-order valence-electron chi connectivity index (χ4n) is 8.93. The van der Waals surface area contributed by atoms with Crippen molar-refractivity contribution < 1.29 is 53.1 Å². The largest absolute Gasteiger partial charge is 0.481 e. The monoisotopic (exact) mass is 1100 g/mol. The standard InChI is InChI=1S/C55H92N12O11/c1-8-32(4)39(49(57)74)29-46(70)42(27-36-18-12-11-13-19-36)67-53(78)40(33(5)9-2)30-47(71)43(31-48(72)73)66-50(75)34(6)26-44(68)35(7)64-52(77)38(21-16-24-62-54(58)59)28-45(69)41(22-17-25-63-55(60)61)65-51(76)37(10-3)20-14-15-23-56/h11-13,18-19,32-35,37-43H,8-10,14-17,20-31,56H2,1-7H3,(H2,57,74)(H,64,77)(H,65,76)(H,66,75)(H,67,78)(H,72,73)(H4,58,59,62)(H4,60,61,63)/t32-,33-,34+,35-,37-,38+,39-,40-,41-,42-,43-/m0/s1. The molecule has 0 spiro atoms. The molecule has 0 aliphatic heterocycles. The fourth-order valence-corrected chi connectivity index (χ4v) is 8.93. The number of carboxylic acid groups (broad SMARTS) is 1. The van der Waals surface area contributed by atoms with Crippen LogP contribution in [0.5, 0.6) is 0 Å². The first-order valence-corrected chi connectivity index (χ1v) is 27.5. The molecule has 78 heavy (non-hydrogen) atoms. The first-order chi connectivity index (χ1) is 36.8. The van der Waals surface area contributed by atoms with Gasteiger partial charge in [0.15, 0.2) is 35.1 Å². The van der Waals surface area contributed by atoms with Crippen LogP contribution in [0.15, 0.2) is 40.3 Å². The van der Waals surface area contributed by atoms with Crippen LogP contribution >= 0.6 is 0 Å². The summed E-state index contributed by atoms with van der Waals surface area (Å²) in [5, 5.41) is 20.7. The molecule has 0 saturated heterocycles. The van der Waals surface area contributed by atoms with Gasteiger partial charge in [-0.1, -0.05) is 91.1 Å². The van der Waals surface area contributed by atoms with Crippen LogP contribution in [-0.4, -0.2) is 119 Å². The maximum absolute atomic E-state index is 14.2. The van der Waals surface area contributed by atoms with E-state index in [-0.39, 0.29) is 81.3 Å². The maximum Gasteiger partial charge on any atom is 0.305 e. The van der Waals surface area contributed by atoms with Crippen LogP contribution < -0.4 is 55.7 Å². The molecule has 1 aromatic rings. The van der Waals surface area contributed by atoms with E-state index in [4.69, 9.17) is 34.4 Å². The van der Waals surface area contributed by atoms with Gasteiger partial charge in [-0.15, -0.1) is 0 Å². The number of ketones is 4. The van der Waals surface area contributed by atoms with Crippen LogP contribution in [0.4, 0.5) is 0 Å². The zero-order chi connectivity index (χ0) is 59.1. The summed E-state index contributed by atoms with van der Waals surface area (Å²) in [5.74, 6) is -12.1. The molecule has 0 aliphatic rings. The predicted molar refractivity (Wildman–Crippen MR) is 299 cm³/mol. The number of nitrogens with one attached hydrogen (secondary N) is 4. The molecule has 11 atom stereocenters. The molecule has 1 rings (SSSR count). The van der Waals surface area contributed by atoms with Gasteiger partial charge in [-0.3, -0.25) is 57.9 Å². The number of aliphatic imine (C=N–C) groups is 2. The van der Waals surface area contributed by atoms with Gasteiger partial charge in [0.2, 0.25) is 29.5 Å². The van der Waals surface area contributed by atoms with Crippen LogP contribution in [0.25, 0.3) is 0 Å². The highest BCUT2D eigenvalue weighted by Gasteiger charge is 2.37. The van der Waals surface area contributed by atoms with Gasteiger partial charge in [-0.25, -0.2) is 0 Å². The van der Waals surface area contributed by atoms with E-state index < -0.39 is 126 Å². The van der Waals surface area contributed by atoms with Crippen molar-refractivity contribution in [2.75, 3.05) is 19.6 Å². The van der Waals surface area contributed by atoms with E-state index in [9.17, 15) is 53.1 Å². The number of unbranched alkanes of at least 4 members (excludes halogenated alkanes) is 1. The number of carboxylic acids is 1. The summed E-state index contributed by atoms with van der Waals surface area (Å²) in [6.45, 7) is 12.7. The van der Waals surface area contributed by atoms with Crippen LogP contribution in [0.2, 0.25) is 0 Å². The number of carbonyl (C=O) groups excluding carboxylic acids is 9. The minimum Gasteiger partial charge on any atom is -0.481 e. The normalized spacial score (nSPS) is 15.4. The number of aliphatic carboxylic acids is 1. The predicted octanol–water partition coefficient (Wildman–Crippen LogP) is 1.82. The molecule has 5 amide bonds. The topological polar surface area (TPSA) is 420 Å². The van der Waals surface area contributed by atoms with E-state index in [1.54, 1.807) is 44.2 Å². The Labute approximate surface area is 460 Å². The second-order valence-electron chi connectivity index (χ2n) is 20.7. The number of benzene rings is 1. The third-order valence-electron chi connectivity index (χ3n) is 14.4. The van der Waals surface area contributed by atoms with Crippen LogP contribution in [0.3, 0.4) is 0 Å². The van der Waals surface area contributed by atoms with Crippen molar-refractivity contribution in [3.63, 3.8) is 0 Å². The highest BCUT2D eigenvalue weighted by Crippen LogP contribution is 2.25. The molecule has 0 saturated carbocycles. The minimum absolute atomic E-state index is 0.0807. The summed E-state index contributed by atoms with van der Waals surface area (Å²) >= 11 is 0.